The van der Waals surface area contributed by atoms with Crippen molar-refractivity contribution < 1.29 is 24.4 Å². The molecule has 32 heavy (non-hydrogen) atoms. The van der Waals surface area contributed by atoms with E-state index in [4.69, 9.17) is 4.74 Å². The van der Waals surface area contributed by atoms with E-state index in [9.17, 15) is 24.8 Å². The Labute approximate surface area is 187 Å². The number of aromatic hydroxyl groups is 1. The molecule has 4 rings (SSSR count). The molecule has 0 atom stereocenters. The van der Waals surface area contributed by atoms with Crippen molar-refractivity contribution in [1.29, 1.82) is 0 Å². The summed E-state index contributed by atoms with van der Waals surface area (Å²) in [5.41, 5.74) is 0.540. The van der Waals surface area contributed by atoms with Crippen LogP contribution in [0.5, 0.6) is 11.5 Å². The molecular formula is C23H18N2O6S. The van der Waals surface area contributed by atoms with Gasteiger partial charge < -0.3 is 9.84 Å². The molecule has 1 saturated heterocycles. The molecule has 0 saturated carbocycles. The standard InChI is InChI=1S/C23H18N2O6S/c1-2-31-19-11-15(10-18(21(19)26)25(29)30)12-20-22(27)24(23(28)32-20)13-14-7-8-16-5-3-4-6-17(16)9-14/h3-12,26H,2,13H2,1H3. The molecule has 1 aliphatic rings. The van der Waals surface area contributed by atoms with Gasteiger partial charge >= 0.3 is 5.69 Å². The van der Waals surface area contributed by atoms with Crippen molar-refractivity contribution in [3.8, 4) is 11.5 Å². The van der Waals surface area contributed by atoms with E-state index in [-0.39, 0.29) is 29.4 Å². The molecule has 0 unspecified atom stereocenters. The number of amides is 2. The molecule has 0 bridgehead atoms. The molecule has 3 aromatic carbocycles. The first-order chi connectivity index (χ1) is 15.4. The first-order valence-electron chi connectivity index (χ1n) is 9.74. The predicted molar refractivity (Wildman–Crippen MR) is 121 cm³/mol. The minimum absolute atomic E-state index is 0.0663. The van der Waals surface area contributed by atoms with Crippen molar-refractivity contribution in [1.82, 2.24) is 4.90 Å². The van der Waals surface area contributed by atoms with Crippen molar-refractivity contribution in [2.75, 3.05) is 6.61 Å². The average molecular weight is 450 g/mol. The summed E-state index contributed by atoms with van der Waals surface area (Å²) in [6.07, 6.45) is 1.39. The molecule has 1 fully saturated rings. The summed E-state index contributed by atoms with van der Waals surface area (Å²) in [6, 6.07) is 16.1. The van der Waals surface area contributed by atoms with Crippen LogP contribution >= 0.6 is 11.8 Å². The van der Waals surface area contributed by atoms with Crippen LogP contribution in [0.1, 0.15) is 18.1 Å². The summed E-state index contributed by atoms with van der Waals surface area (Å²) in [6.45, 7) is 1.99. The Morgan fingerprint density at radius 1 is 1.12 bits per heavy atom. The van der Waals surface area contributed by atoms with E-state index in [0.717, 1.165) is 39.1 Å². The molecule has 1 N–H and O–H groups in total. The Morgan fingerprint density at radius 3 is 2.59 bits per heavy atom. The maximum atomic E-state index is 12.9. The first kappa shape index (κ1) is 21.4. The third-order valence-electron chi connectivity index (χ3n) is 4.90. The Bertz CT molecular complexity index is 1290. The van der Waals surface area contributed by atoms with Gasteiger partial charge in [-0.15, -0.1) is 0 Å². The molecule has 3 aromatic rings. The smallest absolute Gasteiger partial charge is 0.315 e. The van der Waals surface area contributed by atoms with Gasteiger partial charge in [-0.05, 0) is 58.8 Å². The van der Waals surface area contributed by atoms with Crippen LogP contribution in [0.25, 0.3) is 16.8 Å². The lowest BCUT2D eigenvalue weighted by molar-refractivity contribution is -0.386. The Balaban J connectivity index is 1.62. The van der Waals surface area contributed by atoms with Crippen LogP contribution < -0.4 is 4.74 Å². The van der Waals surface area contributed by atoms with Crippen molar-refractivity contribution in [3.63, 3.8) is 0 Å². The molecule has 8 nitrogen and oxygen atoms in total. The molecule has 0 aromatic heterocycles. The molecule has 0 aliphatic carbocycles. The van der Waals surface area contributed by atoms with Crippen LogP contribution in [-0.2, 0) is 11.3 Å². The summed E-state index contributed by atoms with van der Waals surface area (Å²) >= 11 is 0.763. The molecular weight excluding hydrogens is 432 g/mol. The highest BCUT2D eigenvalue weighted by molar-refractivity contribution is 8.18. The number of phenolic OH excluding ortho intramolecular Hbond substituents is 1. The Hall–Kier alpha value is -3.85. The Kier molecular flexibility index (Phi) is 5.83. The average Bonchev–Trinajstić information content (AvgIpc) is 3.03. The largest absolute Gasteiger partial charge is 0.500 e. The third kappa shape index (κ3) is 4.15. The van der Waals surface area contributed by atoms with Crippen LogP contribution in [0.4, 0.5) is 10.5 Å². The van der Waals surface area contributed by atoms with E-state index >= 15 is 0 Å². The molecule has 9 heteroatoms. The number of phenols is 1. The van der Waals surface area contributed by atoms with Gasteiger partial charge in [0, 0.05) is 6.07 Å². The summed E-state index contributed by atoms with van der Waals surface area (Å²) in [5, 5.41) is 22.9. The number of rotatable bonds is 6. The fraction of sp³-hybridized carbons (Fsp3) is 0.130. The number of thioether (sulfide) groups is 1. The van der Waals surface area contributed by atoms with Gasteiger partial charge in [-0.3, -0.25) is 24.6 Å². The van der Waals surface area contributed by atoms with Gasteiger partial charge in [-0.2, -0.15) is 0 Å². The molecule has 1 aliphatic heterocycles. The lowest BCUT2D eigenvalue weighted by atomic mass is 10.1. The van der Waals surface area contributed by atoms with E-state index in [1.807, 2.05) is 42.5 Å². The molecule has 0 spiro atoms. The van der Waals surface area contributed by atoms with Crippen LogP contribution in [-0.4, -0.2) is 32.7 Å². The summed E-state index contributed by atoms with van der Waals surface area (Å²) in [5.74, 6) is -1.14. The zero-order valence-corrected chi connectivity index (χ0v) is 17.8. The Morgan fingerprint density at radius 2 is 1.88 bits per heavy atom. The first-order valence-corrected chi connectivity index (χ1v) is 10.6. The van der Waals surface area contributed by atoms with Gasteiger partial charge in [0.2, 0.25) is 5.75 Å². The predicted octanol–water partition coefficient (Wildman–Crippen LogP) is 5.09. The highest BCUT2D eigenvalue weighted by atomic mass is 32.2. The summed E-state index contributed by atoms with van der Waals surface area (Å²) < 4.78 is 5.26. The van der Waals surface area contributed by atoms with Gasteiger partial charge in [0.1, 0.15) is 0 Å². The van der Waals surface area contributed by atoms with E-state index in [2.05, 4.69) is 0 Å². The fourth-order valence-corrected chi connectivity index (χ4v) is 4.25. The normalized spacial score (nSPS) is 15.0. The number of nitrogens with zero attached hydrogens (tertiary/aromatic N) is 2. The number of hydrogen-bond acceptors (Lipinski definition) is 7. The second-order valence-electron chi connectivity index (χ2n) is 7.03. The third-order valence-corrected chi connectivity index (χ3v) is 5.81. The van der Waals surface area contributed by atoms with Gasteiger partial charge in [0.05, 0.1) is 23.0 Å². The molecule has 1 heterocycles. The number of fused-ring (bicyclic) bond motifs is 1. The lowest BCUT2D eigenvalue weighted by Crippen LogP contribution is -2.27. The fourth-order valence-electron chi connectivity index (χ4n) is 3.41. The molecule has 162 valence electrons. The van der Waals surface area contributed by atoms with Gasteiger partial charge in [-0.1, -0.05) is 36.4 Å². The van der Waals surface area contributed by atoms with E-state index < -0.39 is 27.5 Å². The topological polar surface area (TPSA) is 110 Å². The zero-order valence-electron chi connectivity index (χ0n) is 17.0. The van der Waals surface area contributed by atoms with Crippen LogP contribution in [0.3, 0.4) is 0 Å². The minimum atomic E-state index is -0.735. The number of carbonyl (C=O) groups is 2. The summed E-state index contributed by atoms with van der Waals surface area (Å²) in [7, 11) is 0. The SMILES string of the molecule is CCOc1cc(C=C2SC(=O)N(Cc3ccc4ccccc4c3)C2=O)cc([N+](=O)[O-])c1O. The lowest BCUT2D eigenvalue weighted by Gasteiger charge is -2.13. The maximum Gasteiger partial charge on any atom is 0.315 e. The van der Waals surface area contributed by atoms with Crippen molar-refractivity contribution >= 4 is 45.4 Å². The zero-order chi connectivity index (χ0) is 22.8. The van der Waals surface area contributed by atoms with Crippen LogP contribution in [0.15, 0.2) is 59.5 Å². The number of imide groups is 1. The molecule has 0 radical (unpaired) electrons. The number of nitro benzene ring substituents is 1. The minimum Gasteiger partial charge on any atom is -0.500 e. The quantitative estimate of drug-likeness (QED) is 0.316. The van der Waals surface area contributed by atoms with Gasteiger partial charge in [0.15, 0.2) is 5.75 Å². The van der Waals surface area contributed by atoms with Crippen molar-refractivity contribution in [3.05, 3.63) is 80.7 Å². The number of benzene rings is 3. The number of nitro groups is 1. The maximum absolute atomic E-state index is 12.9. The highest BCUT2D eigenvalue weighted by Gasteiger charge is 2.35. The van der Waals surface area contributed by atoms with Crippen molar-refractivity contribution in [2.45, 2.75) is 13.5 Å². The van der Waals surface area contributed by atoms with Crippen LogP contribution in [0.2, 0.25) is 0 Å². The number of ether oxygens (including phenoxy) is 1. The monoisotopic (exact) mass is 450 g/mol. The van der Waals surface area contributed by atoms with E-state index in [1.165, 1.54) is 12.1 Å². The van der Waals surface area contributed by atoms with Crippen molar-refractivity contribution in [2.24, 2.45) is 0 Å². The van der Waals surface area contributed by atoms with Gasteiger partial charge in [-0.25, -0.2) is 0 Å². The highest BCUT2D eigenvalue weighted by Crippen LogP contribution is 2.39. The number of hydrogen-bond donors (Lipinski definition) is 1. The van der Waals surface area contributed by atoms with Crippen LogP contribution in [0, 0.1) is 10.1 Å². The van der Waals surface area contributed by atoms with Gasteiger partial charge in [0.25, 0.3) is 11.1 Å². The van der Waals surface area contributed by atoms with E-state index in [0.29, 0.717) is 0 Å². The molecule has 2 amide bonds. The summed E-state index contributed by atoms with van der Waals surface area (Å²) in [4.78, 5) is 37.2. The number of carbonyl (C=O) groups excluding carboxylic acids is 2. The van der Waals surface area contributed by atoms with E-state index in [1.54, 1.807) is 6.92 Å². The second kappa shape index (κ2) is 8.72. The second-order valence-corrected chi connectivity index (χ2v) is 8.02.